The molecule has 0 radical (unpaired) electrons. The third kappa shape index (κ3) is 6.76. The maximum Gasteiger partial charge on any atom is 0.247 e. The van der Waals surface area contributed by atoms with Crippen LogP contribution in [-0.2, 0) is 10.2 Å². The van der Waals surface area contributed by atoms with Gasteiger partial charge in [-0.2, -0.15) is 13.5 Å². The summed E-state index contributed by atoms with van der Waals surface area (Å²) in [6, 6.07) is 3.98. The highest BCUT2D eigenvalue weighted by Crippen LogP contribution is 2.55. The fraction of sp³-hybridized carbons (Fsp3) is 0.690. The number of rotatable bonds is 10. The molecule has 1 aliphatic heterocycles. The van der Waals surface area contributed by atoms with Crippen LogP contribution in [0.25, 0.3) is 0 Å². The van der Waals surface area contributed by atoms with Gasteiger partial charge in [0.05, 0.1) is 0 Å². The molecule has 35 heavy (non-hydrogen) atoms. The molecule has 198 valence electrons. The van der Waals surface area contributed by atoms with Gasteiger partial charge in [-0.25, -0.2) is 0 Å². The fourth-order valence-corrected chi connectivity index (χ4v) is 5.69. The Balaban J connectivity index is 0.00000432. The minimum atomic E-state index is -0.392. The number of ether oxygens (including phenoxy) is 1. The summed E-state index contributed by atoms with van der Waals surface area (Å²) in [5.74, 6) is 1.19. The van der Waals surface area contributed by atoms with E-state index in [1.54, 1.807) is 0 Å². The number of aliphatic hydroxyl groups excluding tert-OH is 1. The smallest absolute Gasteiger partial charge is 0.247 e. The van der Waals surface area contributed by atoms with Crippen molar-refractivity contribution in [2.24, 2.45) is 5.92 Å². The first-order valence-corrected chi connectivity index (χ1v) is 13.2. The highest BCUT2D eigenvalue weighted by molar-refractivity contribution is 7.59. The van der Waals surface area contributed by atoms with Crippen LogP contribution in [0.1, 0.15) is 110 Å². The normalized spacial score (nSPS) is 21.5. The zero-order chi connectivity index (χ0) is 25.1. The van der Waals surface area contributed by atoms with E-state index in [9.17, 15) is 9.90 Å². The number of nitrogens with one attached hydrogen (secondary N) is 1. The van der Waals surface area contributed by atoms with Crippen molar-refractivity contribution in [1.29, 1.82) is 0 Å². The molecular formula is C29H47NO4S. The maximum atomic E-state index is 12.9. The minimum Gasteiger partial charge on any atom is -0.508 e. The van der Waals surface area contributed by atoms with Crippen LogP contribution in [0.4, 0.5) is 0 Å². The first kappa shape index (κ1) is 29.6. The molecule has 1 amide bonds. The number of fused-ring (bicyclic) bond motifs is 3. The molecule has 0 bridgehead atoms. The number of unbranched alkanes of at least 4 members (excludes halogenated alkanes) is 3. The summed E-state index contributed by atoms with van der Waals surface area (Å²) in [7, 11) is 0. The van der Waals surface area contributed by atoms with Crippen molar-refractivity contribution in [3.63, 3.8) is 0 Å². The lowest BCUT2D eigenvalue weighted by atomic mass is 9.66. The largest absolute Gasteiger partial charge is 0.508 e. The van der Waals surface area contributed by atoms with E-state index in [0.29, 0.717) is 12.8 Å². The number of benzene rings is 1. The SMILES string of the molecule is CCCCCCC(C)(C)c1cc(O)c2c(c1)OC(C)(C)[C@@H]1CC=C(C(=O)NC(C)CCO)C[C@@H]21.S. The number of aliphatic hydroxyl groups is 1. The number of phenolic OH excluding ortho intramolecular Hbond substituents is 1. The average molecular weight is 506 g/mol. The van der Waals surface area contributed by atoms with E-state index >= 15 is 0 Å². The number of amides is 1. The monoisotopic (exact) mass is 505 g/mol. The summed E-state index contributed by atoms with van der Waals surface area (Å²) in [4.78, 5) is 12.9. The van der Waals surface area contributed by atoms with E-state index in [-0.39, 0.29) is 55.1 Å². The van der Waals surface area contributed by atoms with Crippen molar-refractivity contribution in [3.05, 3.63) is 34.9 Å². The Hall–Kier alpha value is -1.66. The molecule has 3 N–H and O–H groups in total. The summed E-state index contributed by atoms with van der Waals surface area (Å²) in [6.07, 6.45) is 9.84. The second-order valence-corrected chi connectivity index (χ2v) is 11.6. The summed E-state index contributed by atoms with van der Waals surface area (Å²) in [6.45, 7) is 12.9. The molecule has 0 spiro atoms. The first-order chi connectivity index (χ1) is 16.0. The van der Waals surface area contributed by atoms with E-state index in [4.69, 9.17) is 9.84 Å². The van der Waals surface area contributed by atoms with Crippen molar-refractivity contribution >= 4 is 19.4 Å². The summed E-state index contributed by atoms with van der Waals surface area (Å²) < 4.78 is 6.52. The van der Waals surface area contributed by atoms with Gasteiger partial charge in [-0.05, 0) is 69.6 Å². The summed E-state index contributed by atoms with van der Waals surface area (Å²) >= 11 is 0. The number of aromatic hydroxyl groups is 1. The Bertz CT molecular complexity index is 908. The molecule has 1 aromatic carbocycles. The third-order valence-corrected chi connectivity index (χ3v) is 7.97. The number of hydrogen-bond donors (Lipinski definition) is 3. The molecule has 6 heteroatoms. The predicted molar refractivity (Wildman–Crippen MR) is 148 cm³/mol. The molecule has 1 unspecified atom stereocenters. The number of carbonyl (C=O) groups is 1. The van der Waals surface area contributed by atoms with Gasteiger partial charge in [-0.3, -0.25) is 4.79 Å². The van der Waals surface area contributed by atoms with Gasteiger partial charge in [0.2, 0.25) is 5.91 Å². The molecule has 3 atom stereocenters. The van der Waals surface area contributed by atoms with Gasteiger partial charge in [0.25, 0.3) is 0 Å². The van der Waals surface area contributed by atoms with Gasteiger partial charge in [-0.15, -0.1) is 0 Å². The van der Waals surface area contributed by atoms with Crippen molar-refractivity contribution in [2.45, 2.75) is 116 Å². The van der Waals surface area contributed by atoms with E-state index in [2.05, 4.69) is 46.0 Å². The quantitative estimate of drug-likeness (QED) is 0.329. The maximum absolute atomic E-state index is 12.9. The molecule has 0 fully saturated rings. The van der Waals surface area contributed by atoms with Crippen molar-refractivity contribution in [3.8, 4) is 11.5 Å². The molecular weight excluding hydrogens is 458 g/mol. The third-order valence-electron chi connectivity index (χ3n) is 7.97. The topological polar surface area (TPSA) is 78.8 Å². The van der Waals surface area contributed by atoms with E-state index in [1.165, 1.54) is 25.7 Å². The Morgan fingerprint density at radius 2 is 1.97 bits per heavy atom. The first-order valence-electron chi connectivity index (χ1n) is 13.2. The second kappa shape index (κ2) is 12.1. The minimum absolute atomic E-state index is 0. The molecule has 2 aliphatic rings. The molecule has 1 aromatic rings. The second-order valence-electron chi connectivity index (χ2n) is 11.6. The van der Waals surface area contributed by atoms with E-state index < -0.39 is 5.60 Å². The molecule has 0 saturated carbocycles. The fourth-order valence-electron chi connectivity index (χ4n) is 5.69. The molecule has 1 aliphatic carbocycles. The summed E-state index contributed by atoms with van der Waals surface area (Å²) in [5, 5.41) is 23.4. The Morgan fingerprint density at radius 3 is 2.63 bits per heavy atom. The highest BCUT2D eigenvalue weighted by Gasteiger charge is 2.47. The zero-order valence-electron chi connectivity index (χ0n) is 22.5. The molecule has 1 heterocycles. The van der Waals surface area contributed by atoms with Crippen LogP contribution < -0.4 is 10.1 Å². The van der Waals surface area contributed by atoms with Crippen molar-refractivity contribution < 1.29 is 19.7 Å². The van der Waals surface area contributed by atoms with Crippen LogP contribution in [0.2, 0.25) is 0 Å². The Labute approximate surface area is 219 Å². The molecule has 0 aromatic heterocycles. The van der Waals surface area contributed by atoms with Crippen LogP contribution in [-0.4, -0.2) is 34.4 Å². The molecule has 3 rings (SSSR count). The van der Waals surface area contributed by atoms with Crippen LogP contribution in [0.3, 0.4) is 0 Å². The lowest BCUT2D eigenvalue weighted by molar-refractivity contribution is -0.118. The van der Waals surface area contributed by atoms with Gasteiger partial charge in [0.1, 0.15) is 17.1 Å². The number of hydrogen-bond acceptors (Lipinski definition) is 4. The van der Waals surface area contributed by atoms with Gasteiger partial charge < -0.3 is 20.3 Å². The van der Waals surface area contributed by atoms with Crippen LogP contribution in [0.15, 0.2) is 23.8 Å². The Morgan fingerprint density at radius 1 is 1.26 bits per heavy atom. The lowest BCUT2D eigenvalue weighted by Gasteiger charge is -2.47. The van der Waals surface area contributed by atoms with Crippen molar-refractivity contribution in [1.82, 2.24) is 5.32 Å². The molecule has 5 nitrogen and oxygen atoms in total. The highest BCUT2D eigenvalue weighted by atomic mass is 32.1. The van der Waals surface area contributed by atoms with E-state index in [1.807, 2.05) is 19.1 Å². The number of allylic oxidation sites excluding steroid dienone is 1. The summed E-state index contributed by atoms with van der Waals surface area (Å²) in [5.41, 5.74) is 2.27. The van der Waals surface area contributed by atoms with Gasteiger partial charge in [0.15, 0.2) is 0 Å². The average Bonchev–Trinajstić information content (AvgIpc) is 2.75. The van der Waals surface area contributed by atoms with Crippen molar-refractivity contribution in [2.75, 3.05) is 6.61 Å². The predicted octanol–water partition coefficient (Wildman–Crippen LogP) is 6.23. The molecule has 0 saturated heterocycles. The van der Waals surface area contributed by atoms with Gasteiger partial charge in [-0.1, -0.05) is 52.5 Å². The van der Waals surface area contributed by atoms with Gasteiger partial charge >= 0.3 is 0 Å². The lowest BCUT2D eigenvalue weighted by Crippen LogP contribution is -2.46. The number of phenols is 1. The van der Waals surface area contributed by atoms with E-state index in [0.717, 1.165) is 35.3 Å². The van der Waals surface area contributed by atoms with Crippen LogP contribution in [0.5, 0.6) is 11.5 Å². The van der Waals surface area contributed by atoms with Crippen LogP contribution >= 0.6 is 13.5 Å². The van der Waals surface area contributed by atoms with Gasteiger partial charge in [0, 0.05) is 35.6 Å². The zero-order valence-corrected chi connectivity index (χ0v) is 23.5. The Kier molecular flexibility index (Phi) is 10.2. The van der Waals surface area contributed by atoms with Crippen LogP contribution in [0, 0.1) is 5.92 Å². The standard InChI is InChI=1S/C29H45NO4.H2S/c1-7-8-9-10-14-28(3,4)21-17-24(32)26-22-16-20(27(33)30-19(2)13-15-31)11-12-23(22)29(5,6)34-25(26)18-21;/h11,17-19,22-23,31-32H,7-10,12-16H2,1-6H3,(H,30,33);1H2/t19?,22-,23-;/m1./s1. The number of carbonyl (C=O) groups excluding carboxylic acids is 1.